The van der Waals surface area contributed by atoms with Crippen molar-refractivity contribution in [1.82, 2.24) is 5.32 Å². The van der Waals surface area contributed by atoms with Crippen molar-refractivity contribution in [2.45, 2.75) is 57.3 Å². The van der Waals surface area contributed by atoms with Crippen LogP contribution in [-0.2, 0) is 9.47 Å². The number of nitrogens with one attached hydrogen (secondary N) is 1. The molecule has 3 nitrogen and oxygen atoms in total. The van der Waals surface area contributed by atoms with E-state index in [0.717, 1.165) is 19.8 Å². The molecule has 2 aliphatic rings. The lowest BCUT2D eigenvalue weighted by molar-refractivity contribution is -0.161. The predicted octanol–water partition coefficient (Wildman–Crippen LogP) is 1.71. The molecule has 1 aliphatic heterocycles. The number of hydrogen-bond donors (Lipinski definition) is 1. The van der Waals surface area contributed by atoms with Gasteiger partial charge in [-0.2, -0.15) is 0 Å². The molecule has 15 heavy (non-hydrogen) atoms. The van der Waals surface area contributed by atoms with Gasteiger partial charge < -0.3 is 14.8 Å². The Bertz CT molecular complexity index is 182. The summed E-state index contributed by atoms with van der Waals surface area (Å²) in [5, 5.41) is 3.60. The molecule has 2 unspecified atom stereocenters. The first kappa shape index (κ1) is 11.4. The molecule has 1 N–H and O–H groups in total. The molecule has 2 rings (SSSR count). The van der Waals surface area contributed by atoms with Gasteiger partial charge in [-0.3, -0.25) is 0 Å². The molecule has 0 aromatic heterocycles. The molecule has 1 heterocycles. The molecule has 1 saturated carbocycles. The molecular formula is C12H23NO2. The van der Waals surface area contributed by atoms with Crippen LogP contribution in [0.15, 0.2) is 0 Å². The highest BCUT2D eigenvalue weighted by atomic mass is 16.6. The average Bonchev–Trinajstić information content (AvgIpc) is 2.21. The highest BCUT2D eigenvalue weighted by molar-refractivity contribution is 4.80. The van der Waals surface area contributed by atoms with Crippen molar-refractivity contribution < 1.29 is 9.47 Å². The van der Waals surface area contributed by atoms with Gasteiger partial charge in [0.2, 0.25) is 0 Å². The van der Waals surface area contributed by atoms with E-state index in [9.17, 15) is 0 Å². The highest BCUT2D eigenvalue weighted by Crippen LogP contribution is 2.23. The molecule has 0 amide bonds. The number of hydrogen-bond acceptors (Lipinski definition) is 3. The fraction of sp³-hybridized carbons (Fsp3) is 1.00. The Morgan fingerprint density at radius 1 is 1.27 bits per heavy atom. The lowest BCUT2D eigenvalue weighted by Crippen LogP contribution is -2.43. The summed E-state index contributed by atoms with van der Waals surface area (Å²) in [6.45, 7) is 4.98. The van der Waals surface area contributed by atoms with E-state index < -0.39 is 0 Å². The van der Waals surface area contributed by atoms with Crippen LogP contribution >= 0.6 is 0 Å². The maximum Gasteiger partial charge on any atom is 0.104 e. The monoisotopic (exact) mass is 213 g/mol. The van der Waals surface area contributed by atoms with Gasteiger partial charge in [-0.05, 0) is 38.6 Å². The SMILES string of the molecule is CCCNC1CCCC(OC2COC2)C1. The summed E-state index contributed by atoms with van der Waals surface area (Å²) in [5.41, 5.74) is 0. The normalized spacial score (nSPS) is 32.6. The Kier molecular flexibility index (Phi) is 4.42. The van der Waals surface area contributed by atoms with Crippen LogP contribution in [0.1, 0.15) is 39.0 Å². The molecule has 0 radical (unpaired) electrons. The van der Waals surface area contributed by atoms with E-state index in [0.29, 0.717) is 18.2 Å². The second-order valence-electron chi connectivity index (χ2n) is 4.74. The van der Waals surface area contributed by atoms with Gasteiger partial charge in [-0.15, -0.1) is 0 Å². The van der Waals surface area contributed by atoms with Crippen LogP contribution in [-0.4, -0.2) is 38.0 Å². The topological polar surface area (TPSA) is 30.5 Å². The average molecular weight is 213 g/mol. The Morgan fingerprint density at radius 3 is 2.80 bits per heavy atom. The van der Waals surface area contributed by atoms with Crippen LogP contribution in [0.3, 0.4) is 0 Å². The van der Waals surface area contributed by atoms with Gasteiger partial charge in [0.15, 0.2) is 0 Å². The van der Waals surface area contributed by atoms with Crippen LogP contribution < -0.4 is 5.32 Å². The van der Waals surface area contributed by atoms with Gasteiger partial charge in [-0.1, -0.05) is 6.92 Å². The van der Waals surface area contributed by atoms with Crippen molar-refractivity contribution in [2.75, 3.05) is 19.8 Å². The van der Waals surface area contributed by atoms with E-state index in [2.05, 4.69) is 12.2 Å². The van der Waals surface area contributed by atoms with E-state index in [1.807, 2.05) is 0 Å². The van der Waals surface area contributed by atoms with Gasteiger partial charge in [0.1, 0.15) is 6.10 Å². The molecule has 0 aromatic rings. The van der Waals surface area contributed by atoms with Gasteiger partial charge in [0.05, 0.1) is 19.3 Å². The third-order valence-electron chi connectivity index (χ3n) is 3.30. The van der Waals surface area contributed by atoms with Crippen LogP contribution in [0, 0.1) is 0 Å². The van der Waals surface area contributed by atoms with E-state index in [1.165, 1.54) is 32.1 Å². The zero-order valence-electron chi connectivity index (χ0n) is 9.71. The van der Waals surface area contributed by atoms with Crippen molar-refractivity contribution in [3.05, 3.63) is 0 Å². The number of rotatable bonds is 5. The summed E-state index contributed by atoms with van der Waals surface area (Å²) < 4.78 is 11.1. The molecule has 2 fully saturated rings. The Labute approximate surface area is 92.5 Å². The fourth-order valence-corrected chi connectivity index (χ4v) is 2.37. The van der Waals surface area contributed by atoms with Gasteiger partial charge in [0.25, 0.3) is 0 Å². The van der Waals surface area contributed by atoms with Crippen LogP contribution in [0.25, 0.3) is 0 Å². The molecule has 88 valence electrons. The first-order valence-corrected chi connectivity index (χ1v) is 6.35. The lowest BCUT2D eigenvalue weighted by atomic mass is 9.92. The van der Waals surface area contributed by atoms with Gasteiger partial charge in [-0.25, -0.2) is 0 Å². The molecule has 0 bridgehead atoms. The summed E-state index contributed by atoms with van der Waals surface area (Å²) in [4.78, 5) is 0. The first-order chi connectivity index (χ1) is 7.38. The standard InChI is InChI=1S/C12H23NO2/c1-2-6-13-10-4-3-5-11(7-10)15-12-8-14-9-12/h10-13H,2-9H2,1H3. The first-order valence-electron chi connectivity index (χ1n) is 6.35. The number of ether oxygens (including phenoxy) is 2. The second-order valence-corrected chi connectivity index (χ2v) is 4.74. The molecule has 3 heteroatoms. The van der Waals surface area contributed by atoms with E-state index in [4.69, 9.17) is 9.47 Å². The van der Waals surface area contributed by atoms with Crippen LogP contribution in [0.2, 0.25) is 0 Å². The quantitative estimate of drug-likeness (QED) is 0.754. The Balaban J connectivity index is 1.66. The zero-order valence-corrected chi connectivity index (χ0v) is 9.71. The maximum atomic E-state index is 5.97. The molecule has 2 atom stereocenters. The second kappa shape index (κ2) is 5.83. The Morgan fingerprint density at radius 2 is 2.13 bits per heavy atom. The summed E-state index contributed by atoms with van der Waals surface area (Å²) in [6.07, 6.45) is 7.14. The molecular weight excluding hydrogens is 190 g/mol. The summed E-state index contributed by atoms with van der Waals surface area (Å²) >= 11 is 0. The van der Waals surface area contributed by atoms with Crippen LogP contribution in [0.5, 0.6) is 0 Å². The smallest absolute Gasteiger partial charge is 0.104 e. The largest absolute Gasteiger partial charge is 0.376 e. The zero-order chi connectivity index (χ0) is 10.5. The third kappa shape index (κ3) is 3.44. The minimum atomic E-state index is 0.389. The van der Waals surface area contributed by atoms with E-state index in [1.54, 1.807) is 0 Å². The van der Waals surface area contributed by atoms with Crippen molar-refractivity contribution in [2.24, 2.45) is 0 Å². The van der Waals surface area contributed by atoms with E-state index >= 15 is 0 Å². The Hall–Kier alpha value is -0.120. The fourth-order valence-electron chi connectivity index (χ4n) is 2.37. The van der Waals surface area contributed by atoms with Gasteiger partial charge in [0, 0.05) is 6.04 Å². The maximum absolute atomic E-state index is 5.97. The van der Waals surface area contributed by atoms with Crippen molar-refractivity contribution in [3.8, 4) is 0 Å². The van der Waals surface area contributed by atoms with Crippen molar-refractivity contribution in [1.29, 1.82) is 0 Å². The summed E-state index contributed by atoms with van der Waals surface area (Å²) in [5.74, 6) is 0. The predicted molar refractivity (Wildman–Crippen MR) is 60.0 cm³/mol. The minimum Gasteiger partial charge on any atom is -0.376 e. The van der Waals surface area contributed by atoms with Crippen molar-refractivity contribution >= 4 is 0 Å². The summed E-state index contributed by atoms with van der Waals surface area (Å²) in [6, 6.07) is 0.685. The lowest BCUT2D eigenvalue weighted by Gasteiger charge is -2.35. The van der Waals surface area contributed by atoms with Crippen molar-refractivity contribution in [3.63, 3.8) is 0 Å². The third-order valence-corrected chi connectivity index (χ3v) is 3.30. The van der Waals surface area contributed by atoms with E-state index in [-0.39, 0.29) is 0 Å². The highest BCUT2D eigenvalue weighted by Gasteiger charge is 2.27. The van der Waals surface area contributed by atoms with Crippen LogP contribution in [0.4, 0.5) is 0 Å². The molecule has 1 aliphatic carbocycles. The molecule has 0 aromatic carbocycles. The summed E-state index contributed by atoms with van der Waals surface area (Å²) in [7, 11) is 0. The van der Waals surface area contributed by atoms with Gasteiger partial charge >= 0.3 is 0 Å². The minimum absolute atomic E-state index is 0.389. The molecule has 1 saturated heterocycles. The molecule has 0 spiro atoms.